The smallest absolute Gasteiger partial charge is 0.231 e. The van der Waals surface area contributed by atoms with Crippen molar-refractivity contribution in [2.45, 2.75) is 31.8 Å². The van der Waals surface area contributed by atoms with E-state index in [2.05, 4.69) is 5.32 Å². The molecule has 0 aliphatic heterocycles. The molecule has 0 spiro atoms. The van der Waals surface area contributed by atoms with Gasteiger partial charge in [0, 0.05) is 9.75 Å². The summed E-state index contributed by atoms with van der Waals surface area (Å²) in [4.78, 5) is 14.2. The highest BCUT2D eigenvalue weighted by atomic mass is 32.1. The van der Waals surface area contributed by atoms with Gasteiger partial charge in [0.25, 0.3) is 0 Å². The number of aliphatic hydroxyl groups is 1. The van der Waals surface area contributed by atoms with E-state index in [9.17, 15) is 9.90 Å². The highest BCUT2D eigenvalue weighted by Crippen LogP contribution is 2.29. The molecule has 2 heterocycles. The molecule has 0 bridgehead atoms. The van der Waals surface area contributed by atoms with Crippen LogP contribution >= 0.6 is 22.7 Å². The first-order valence-electron chi connectivity index (χ1n) is 6.43. The van der Waals surface area contributed by atoms with Crippen LogP contribution in [0, 0.1) is 0 Å². The summed E-state index contributed by atoms with van der Waals surface area (Å²) in [5.74, 6) is -0.0724. The third-order valence-corrected chi connectivity index (χ3v) is 5.67. The van der Waals surface area contributed by atoms with Crippen LogP contribution in [0.25, 0.3) is 0 Å². The molecule has 0 saturated carbocycles. The second-order valence-electron chi connectivity index (χ2n) is 5.54. The van der Waals surface area contributed by atoms with Crippen molar-refractivity contribution in [1.82, 2.24) is 5.32 Å². The Morgan fingerprint density at radius 1 is 1.15 bits per heavy atom. The lowest BCUT2D eigenvalue weighted by atomic mass is 9.90. The van der Waals surface area contributed by atoms with E-state index in [1.54, 1.807) is 18.3 Å². The van der Waals surface area contributed by atoms with Gasteiger partial charge in [-0.05, 0) is 43.7 Å². The maximum atomic E-state index is 12.4. The molecule has 2 rings (SSSR count). The quantitative estimate of drug-likeness (QED) is 0.891. The molecular formula is C15H19NO2S2. The van der Waals surface area contributed by atoms with Gasteiger partial charge in [0.2, 0.25) is 5.91 Å². The Balaban J connectivity index is 2.02. The Labute approximate surface area is 127 Å². The molecule has 1 atom stereocenters. The fourth-order valence-corrected chi connectivity index (χ4v) is 3.53. The predicted molar refractivity (Wildman–Crippen MR) is 84.2 cm³/mol. The minimum absolute atomic E-state index is 0.0724. The lowest BCUT2D eigenvalue weighted by molar-refractivity contribution is -0.126. The number of carbonyl (C=O) groups is 1. The number of carbonyl (C=O) groups excluding carboxylic acids is 1. The lowest BCUT2D eigenvalue weighted by Crippen LogP contribution is -2.45. The molecule has 0 radical (unpaired) electrons. The molecule has 2 N–H and O–H groups in total. The minimum atomic E-state index is -1.03. The van der Waals surface area contributed by atoms with E-state index >= 15 is 0 Å². The largest absolute Gasteiger partial charge is 0.383 e. The first kappa shape index (κ1) is 15.2. The first-order chi connectivity index (χ1) is 9.34. The Hall–Kier alpha value is -1.17. The van der Waals surface area contributed by atoms with Gasteiger partial charge in [0.15, 0.2) is 0 Å². The number of thiophene rings is 2. The summed E-state index contributed by atoms with van der Waals surface area (Å²) in [6, 6.07) is 7.67. The fourth-order valence-electron chi connectivity index (χ4n) is 1.89. The molecule has 1 unspecified atom stereocenters. The molecule has 3 nitrogen and oxygen atoms in total. The molecular weight excluding hydrogens is 290 g/mol. The maximum absolute atomic E-state index is 12.4. The topological polar surface area (TPSA) is 49.3 Å². The molecule has 5 heteroatoms. The Kier molecular flexibility index (Phi) is 4.32. The van der Waals surface area contributed by atoms with Crippen molar-refractivity contribution in [3.63, 3.8) is 0 Å². The highest BCUT2D eigenvalue weighted by Gasteiger charge is 2.33. The summed E-state index contributed by atoms with van der Waals surface area (Å²) in [5.41, 5.74) is -1.62. The third-order valence-electron chi connectivity index (χ3n) is 3.35. The van der Waals surface area contributed by atoms with Gasteiger partial charge in [0.1, 0.15) is 5.60 Å². The zero-order chi connectivity index (χ0) is 14.8. The molecule has 2 aromatic heterocycles. The zero-order valence-electron chi connectivity index (χ0n) is 11.8. The number of amides is 1. The normalized spacial score (nSPS) is 14.8. The molecule has 0 aromatic carbocycles. The van der Waals surface area contributed by atoms with E-state index in [0.29, 0.717) is 0 Å². The summed E-state index contributed by atoms with van der Waals surface area (Å²) in [6.45, 7) is 5.72. The number of hydrogen-bond donors (Lipinski definition) is 2. The van der Waals surface area contributed by atoms with E-state index in [1.807, 2.05) is 48.9 Å². The van der Waals surface area contributed by atoms with Crippen LogP contribution in [-0.2, 0) is 15.8 Å². The van der Waals surface area contributed by atoms with Crippen molar-refractivity contribution in [2.75, 3.05) is 6.54 Å². The summed E-state index contributed by atoms with van der Waals surface area (Å²) in [6.07, 6.45) is 0. The molecule has 0 saturated heterocycles. The van der Waals surface area contributed by atoms with E-state index in [1.165, 1.54) is 11.3 Å². The number of nitrogens with one attached hydrogen (secondary N) is 1. The summed E-state index contributed by atoms with van der Waals surface area (Å²) in [7, 11) is 0. The van der Waals surface area contributed by atoms with Gasteiger partial charge in [-0.1, -0.05) is 12.1 Å². The van der Waals surface area contributed by atoms with Crippen molar-refractivity contribution in [3.05, 3.63) is 44.8 Å². The third kappa shape index (κ3) is 3.11. The van der Waals surface area contributed by atoms with Gasteiger partial charge < -0.3 is 10.4 Å². The Bertz CT molecular complexity index is 557. The zero-order valence-corrected chi connectivity index (χ0v) is 13.5. The molecule has 0 aliphatic carbocycles. The summed E-state index contributed by atoms with van der Waals surface area (Å²) >= 11 is 3.06. The van der Waals surface area contributed by atoms with E-state index in [-0.39, 0.29) is 12.5 Å². The lowest BCUT2D eigenvalue weighted by Gasteiger charge is -2.27. The van der Waals surface area contributed by atoms with Crippen molar-refractivity contribution >= 4 is 28.6 Å². The van der Waals surface area contributed by atoms with Crippen molar-refractivity contribution in [2.24, 2.45) is 0 Å². The van der Waals surface area contributed by atoms with Crippen LogP contribution in [0.2, 0.25) is 0 Å². The SMILES string of the molecule is CC(O)(CNC(=O)C(C)(C)c1cccs1)c1cccs1. The van der Waals surface area contributed by atoms with Crippen LogP contribution in [0.1, 0.15) is 30.5 Å². The molecule has 1 amide bonds. The summed E-state index contributed by atoms with van der Waals surface area (Å²) < 4.78 is 0. The fraction of sp³-hybridized carbons (Fsp3) is 0.400. The molecule has 20 heavy (non-hydrogen) atoms. The van der Waals surface area contributed by atoms with Crippen LogP contribution in [0.15, 0.2) is 35.0 Å². The Morgan fingerprint density at radius 3 is 2.20 bits per heavy atom. The second kappa shape index (κ2) is 5.68. The predicted octanol–water partition coefficient (Wildman–Crippen LogP) is 3.11. The van der Waals surface area contributed by atoms with Gasteiger partial charge in [-0.15, -0.1) is 22.7 Å². The average Bonchev–Trinajstić information content (AvgIpc) is 3.07. The van der Waals surface area contributed by atoms with Crippen LogP contribution in [-0.4, -0.2) is 17.6 Å². The van der Waals surface area contributed by atoms with Crippen LogP contribution < -0.4 is 5.32 Å². The standard InChI is InChI=1S/C15H19NO2S2/c1-14(2,11-6-4-8-19-11)13(17)16-10-15(3,18)12-7-5-9-20-12/h4-9,18H,10H2,1-3H3,(H,16,17). The van der Waals surface area contributed by atoms with Gasteiger partial charge in [0.05, 0.1) is 12.0 Å². The van der Waals surface area contributed by atoms with E-state index < -0.39 is 11.0 Å². The van der Waals surface area contributed by atoms with Gasteiger partial charge in [-0.2, -0.15) is 0 Å². The van der Waals surface area contributed by atoms with Crippen molar-refractivity contribution in [1.29, 1.82) is 0 Å². The average molecular weight is 309 g/mol. The van der Waals surface area contributed by atoms with Crippen molar-refractivity contribution < 1.29 is 9.90 Å². The number of rotatable bonds is 5. The summed E-state index contributed by atoms with van der Waals surface area (Å²) in [5, 5.41) is 17.2. The van der Waals surface area contributed by atoms with E-state index in [0.717, 1.165) is 9.75 Å². The minimum Gasteiger partial charge on any atom is -0.383 e. The first-order valence-corrected chi connectivity index (χ1v) is 8.18. The van der Waals surface area contributed by atoms with Gasteiger partial charge >= 0.3 is 0 Å². The molecule has 108 valence electrons. The molecule has 0 fully saturated rings. The van der Waals surface area contributed by atoms with Crippen LogP contribution in [0.4, 0.5) is 0 Å². The van der Waals surface area contributed by atoms with Crippen molar-refractivity contribution in [3.8, 4) is 0 Å². The molecule has 0 aliphatic rings. The number of hydrogen-bond acceptors (Lipinski definition) is 4. The van der Waals surface area contributed by atoms with E-state index in [4.69, 9.17) is 0 Å². The van der Waals surface area contributed by atoms with Crippen LogP contribution in [0.5, 0.6) is 0 Å². The highest BCUT2D eigenvalue weighted by molar-refractivity contribution is 7.10. The van der Waals surface area contributed by atoms with Gasteiger partial charge in [-0.25, -0.2) is 0 Å². The second-order valence-corrected chi connectivity index (χ2v) is 7.43. The molecule has 2 aromatic rings. The monoisotopic (exact) mass is 309 g/mol. The van der Waals surface area contributed by atoms with Crippen LogP contribution in [0.3, 0.4) is 0 Å². The Morgan fingerprint density at radius 2 is 1.70 bits per heavy atom. The maximum Gasteiger partial charge on any atom is 0.231 e. The van der Waals surface area contributed by atoms with Gasteiger partial charge in [-0.3, -0.25) is 4.79 Å².